The van der Waals surface area contributed by atoms with Crippen molar-refractivity contribution in [1.82, 2.24) is 20.5 Å². The van der Waals surface area contributed by atoms with Crippen LogP contribution in [0.1, 0.15) is 54.1 Å². The third-order valence-electron chi connectivity index (χ3n) is 5.62. The Morgan fingerprint density at radius 3 is 2.71 bits per heavy atom. The first-order chi connectivity index (χ1) is 13.2. The summed E-state index contributed by atoms with van der Waals surface area (Å²) in [5.74, 6) is 1.64. The molecule has 1 aliphatic carbocycles. The van der Waals surface area contributed by atoms with Crippen LogP contribution in [0.2, 0.25) is 0 Å². The number of aliphatic imine (C=N–C) groups is 1. The maximum atomic E-state index is 11.5. The van der Waals surface area contributed by atoms with Gasteiger partial charge in [-0.2, -0.15) is 0 Å². The van der Waals surface area contributed by atoms with E-state index in [1.165, 1.54) is 41.3 Å². The predicted molar refractivity (Wildman–Crippen MR) is 127 cm³/mol. The molecule has 8 heteroatoms. The Labute approximate surface area is 190 Å². The molecule has 1 fully saturated rings. The van der Waals surface area contributed by atoms with Gasteiger partial charge >= 0.3 is 0 Å². The number of aryl methyl sites for hydroxylation is 3. The van der Waals surface area contributed by atoms with Crippen molar-refractivity contribution in [3.8, 4) is 0 Å². The van der Waals surface area contributed by atoms with Crippen LogP contribution in [0.15, 0.2) is 4.99 Å². The van der Waals surface area contributed by atoms with Crippen LogP contribution in [0.4, 0.5) is 0 Å². The molecule has 0 bridgehead atoms. The highest BCUT2D eigenvalue weighted by Crippen LogP contribution is 2.27. The van der Waals surface area contributed by atoms with Crippen LogP contribution in [-0.4, -0.2) is 55.5 Å². The van der Waals surface area contributed by atoms with Crippen molar-refractivity contribution in [2.45, 2.75) is 57.8 Å². The molecule has 0 saturated carbocycles. The molecule has 0 atom stereocenters. The molecule has 1 aromatic rings. The van der Waals surface area contributed by atoms with E-state index in [1.54, 1.807) is 7.05 Å². The molecule has 2 aliphatic rings. The molecule has 158 valence electrons. The number of amides is 1. The quantitative estimate of drug-likeness (QED) is 0.263. The summed E-state index contributed by atoms with van der Waals surface area (Å²) in [6, 6.07) is 0. The van der Waals surface area contributed by atoms with Crippen molar-refractivity contribution < 1.29 is 4.79 Å². The molecule has 6 nitrogen and oxygen atoms in total. The van der Waals surface area contributed by atoms with Crippen LogP contribution in [-0.2, 0) is 24.1 Å². The lowest BCUT2D eigenvalue weighted by molar-refractivity contribution is -0.121. The van der Waals surface area contributed by atoms with Crippen molar-refractivity contribution in [1.29, 1.82) is 0 Å². The lowest BCUT2D eigenvalue weighted by atomic mass is 9.93. The van der Waals surface area contributed by atoms with Crippen molar-refractivity contribution in [2.75, 3.05) is 33.7 Å². The number of carbonyl (C=O) groups excluding carboxylic acids is 1. The topological polar surface area (TPSA) is 69.6 Å². The minimum absolute atomic E-state index is 0. The fraction of sp³-hybridized carbons (Fsp3) is 0.750. The molecule has 1 aliphatic heterocycles. The largest absolute Gasteiger partial charge is 0.359 e. The van der Waals surface area contributed by atoms with Gasteiger partial charge in [0.15, 0.2) is 5.96 Å². The number of nitrogens with zero attached hydrogens (tertiary/aromatic N) is 3. The number of nitrogens with one attached hydrogen (secondary N) is 2. The molecule has 1 saturated heterocycles. The van der Waals surface area contributed by atoms with E-state index in [1.807, 2.05) is 18.4 Å². The summed E-state index contributed by atoms with van der Waals surface area (Å²) >= 11 is 1.92. The Morgan fingerprint density at radius 2 is 2.04 bits per heavy atom. The number of hydrogen-bond acceptors (Lipinski definition) is 4. The van der Waals surface area contributed by atoms with Gasteiger partial charge in [-0.25, -0.2) is 4.98 Å². The van der Waals surface area contributed by atoms with Crippen LogP contribution in [0.3, 0.4) is 0 Å². The van der Waals surface area contributed by atoms with Gasteiger partial charge in [0, 0.05) is 51.4 Å². The summed E-state index contributed by atoms with van der Waals surface area (Å²) in [5.41, 5.74) is 1.37. The molecule has 0 unspecified atom stereocenters. The van der Waals surface area contributed by atoms with E-state index in [4.69, 9.17) is 4.98 Å². The monoisotopic (exact) mass is 519 g/mol. The molecule has 3 rings (SSSR count). The maximum absolute atomic E-state index is 11.5. The summed E-state index contributed by atoms with van der Waals surface area (Å²) in [6.07, 6.45) is 9.92. The van der Waals surface area contributed by atoms with E-state index in [0.29, 0.717) is 12.3 Å². The van der Waals surface area contributed by atoms with Gasteiger partial charge in [-0.05, 0) is 50.9 Å². The van der Waals surface area contributed by atoms with Crippen molar-refractivity contribution >= 4 is 47.2 Å². The summed E-state index contributed by atoms with van der Waals surface area (Å²) in [4.78, 5) is 24.7. The number of halogens is 1. The van der Waals surface area contributed by atoms with E-state index in [0.717, 1.165) is 51.3 Å². The van der Waals surface area contributed by atoms with Crippen molar-refractivity contribution in [3.63, 3.8) is 0 Å². The Morgan fingerprint density at radius 1 is 1.29 bits per heavy atom. The molecule has 1 amide bonds. The number of thiazole rings is 1. The Hall–Kier alpha value is -0.900. The summed E-state index contributed by atoms with van der Waals surface area (Å²) < 4.78 is 0. The van der Waals surface area contributed by atoms with Crippen LogP contribution < -0.4 is 10.6 Å². The average Bonchev–Trinajstić information content (AvgIpc) is 3.11. The summed E-state index contributed by atoms with van der Waals surface area (Å²) in [6.45, 7) is 2.87. The molecule has 0 radical (unpaired) electrons. The fourth-order valence-electron chi connectivity index (χ4n) is 4.00. The third-order valence-corrected chi connectivity index (χ3v) is 6.84. The third kappa shape index (κ3) is 6.57. The zero-order valence-electron chi connectivity index (χ0n) is 17.1. The highest BCUT2D eigenvalue weighted by atomic mass is 127. The smallest absolute Gasteiger partial charge is 0.220 e. The van der Waals surface area contributed by atoms with E-state index < -0.39 is 0 Å². The normalized spacial score (nSPS) is 17.6. The highest BCUT2D eigenvalue weighted by molar-refractivity contribution is 14.0. The van der Waals surface area contributed by atoms with Crippen molar-refractivity contribution in [3.05, 3.63) is 15.6 Å². The standard InChI is InChI=1S/C20H33N5OS.HI/c1-21-18(26)14-15-9-12-25(13-10-15)20(22-2)23-11-5-8-19-24-16-6-3-4-7-17(16)27-19;/h15H,3-14H2,1-2H3,(H,21,26)(H,22,23);1H. The molecule has 2 N–H and O–H groups in total. The molecule has 0 spiro atoms. The SMILES string of the molecule is CN=C(NCCCc1nc2c(s1)CCCC2)N1CCC(CC(=O)NC)CC1.I. The van der Waals surface area contributed by atoms with Crippen LogP contribution >= 0.6 is 35.3 Å². The average molecular weight is 519 g/mol. The van der Waals surface area contributed by atoms with E-state index in [2.05, 4.69) is 20.5 Å². The van der Waals surface area contributed by atoms with E-state index in [-0.39, 0.29) is 29.9 Å². The second-order valence-corrected chi connectivity index (χ2v) is 8.74. The second kappa shape index (κ2) is 11.9. The lowest BCUT2D eigenvalue weighted by Gasteiger charge is -2.34. The van der Waals surface area contributed by atoms with Gasteiger partial charge in [-0.15, -0.1) is 35.3 Å². The Bertz CT molecular complexity index is 632. The number of likely N-dealkylation sites (tertiary alicyclic amines) is 1. The number of fused-ring (bicyclic) bond motifs is 1. The van der Waals surface area contributed by atoms with E-state index in [9.17, 15) is 4.79 Å². The molecule has 1 aromatic heterocycles. The molecule has 0 aromatic carbocycles. The number of aromatic nitrogens is 1. The highest BCUT2D eigenvalue weighted by Gasteiger charge is 2.23. The Balaban J connectivity index is 0.00000280. The first-order valence-electron chi connectivity index (χ1n) is 10.3. The number of rotatable bonds is 6. The summed E-state index contributed by atoms with van der Waals surface area (Å²) in [7, 11) is 3.57. The summed E-state index contributed by atoms with van der Waals surface area (Å²) in [5, 5.41) is 7.54. The minimum atomic E-state index is 0. The number of carbonyl (C=O) groups is 1. The Kier molecular flexibility index (Phi) is 9.98. The number of guanidine groups is 1. The predicted octanol–water partition coefficient (Wildman–Crippen LogP) is 3.00. The first-order valence-corrected chi connectivity index (χ1v) is 11.1. The van der Waals surface area contributed by atoms with Crippen LogP contribution in [0, 0.1) is 5.92 Å². The van der Waals surface area contributed by atoms with Gasteiger partial charge in [-0.1, -0.05) is 0 Å². The molecule has 2 heterocycles. The van der Waals surface area contributed by atoms with Crippen LogP contribution in [0.25, 0.3) is 0 Å². The molecule has 28 heavy (non-hydrogen) atoms. The zero-order chi connectivity index (χ0) is 19.1. The van der Waals surface area contributed by atoms with Gasteiger partial charge in [-0.3, -0.25) is 9.79 Å². The maximum Gasteiger partial charge on any atom is 0.220 e. The second-order valence-electron chi connectivity index (χ2n) is 7.57. The minimum Gasteiger partial charge on any atom is -0.359 e. The van der Waals surface area contributed by atoms with Crippen LogP contribution in [0.5, 0.6) is 0 Å². The zero-order valence-corrected chi connectivity index (χ0v) is 20.3. The molecular formula is C20H34IN5OS. The van der Waals surface area contributed by atoms with Gasteiger partial charge in [0.2, 0.25) is 5.91 Å². The van der Waals surface area contributed by atoms with Gasteiger partial charge in [0.25, 0.3) is 0 Å². The van der Waals surface area contributed by atoms with Crippen molar-refractivity contribution in [2.24, 2.45) is 10.9 Å². The first kappa shape index (κ1) is 23.4. The lowest BCUT2D eigenvalue weighted by Crippen LogP contribution is -2.46. The van der Waals surface area contributed by atoms with Gasteiger partial charge in [0.05, 0.1) is 10.7 Å². The van der Waals surface area contributed by atoms with E-state index >= 15 is 0 Å². The van der Waals surface area contributed by atoms with Gasteiger partial charge in [0.1, 0.15) is 0 Å². The molecular weight excluding hydrogens is 485 g/mol. The number of piperidine rings is 1. The van der Waals surface area contributed by atoms with Gasteiger partial charge < -0.3 is 15.5 Å². The number of hydrogen-bond donors (Lipinski definition) is 2. The fourth-order valence-corrected chi connectivity index (χ4v) is 5.20.